The third-order valence-corrected chi connectivity index (χ3v) is 5.91. The van der Waals surface area contributed by atoms with Gasteiger partial charge in [0.05, 0.1) is 17.1 Å². The highest BCUT2D eigenvalue weighted by atomic mass is 16.6. The van der Waals surface area contributed by atoms with Crippen molar-refractivity contribution in [2.45, 2.75) is 58.3 Å². The van der Waals surface area contributed by atoms with Crippen molar-refractivity contribution in [3.63, 3.8) is 0 Å². The minimum absolute atomic E-state index is 0.0868. The van der Waals surface area contributed by atoms with Crippen LogP contribution in [0.25, 0.3) is 11.0 Å². The molecule has 0 bridgehead atoms. The minimum Gasteiger partial charge on any atom is -0.445 e. The number of hydrogen-bond acceptors (Lipinski definition) is 5. The molecule has 1 saturated heterocycles. The van der Waals surface area contributed by atoms with E-state index in [1.54, 1.807) is 4.90 Å². The van der Waals surface area contributed by atoms with Gasteiger partial charge in [-0.1, -0.05) is 42.5 Å². The summed E-state index contributed by atoms with van der Waals surface area (Å²) in [5.41, 5.74) is 2.35. The Kier molecular flexibility index (Phi) is 7.58. The van der Waals surface area contributed by atoms with E-state index in [1.165, 1.54) is 0 Å². The Bertz CT molecular complexity index is 1150. The van der Waals surface area contributed by atoms with E-state index >= 15 is 0 Å². The molecule has 1 aliphatic heterocycles. The highest BCUT2D eigenvalue weighted by molar-refractivity contribution is 5.76. The predicted molar refractivity (Wildman–Crippen MR) is 134 cm³/mol. The van der Waals surface area contributed by atoms with Crippen LogP contribution in [0.1, 0.15) is 51.0 Å². The van der Waals surface area contributed by atoms with Crippen LogP contribution in [0, 0.1) is 0 Å². The maximum Gasteiger partial charge on any atom is 0.410 e. The monoisotopic (exact) mass is 478 g/mol. The molecular formula is C27H34N4O4. The molecule has 0 saturated carbocycles. The first-order chi connectivity index (χ1) is 16.8. The number of piperidine rings is 1. The van der Waals surface area contributed by atoms with E-state index in [4.69, 9.17) is 14.5 Å². The van der Waals surface area contributed by atoms with Crippen molar-refractivity contribution in [3.05, 3.63) is 66.0 Å². The smallest absolute Gasteiger partial charge is 0.410 e. The van der Waals surface area contributed by atoms with Crippen molar-refractivity contribution in [3.8, 4) is 0 Å². The summed E-state index contributed by atoms with van der Waals surface area (Å²) < 4.78 is 13.1. The topological polar surface area (TPSA) is 85.7 Å². The molecule has 1 atom stereocenters. The molecule has 35 heavy (non-hydrogen) atoms. The van der Waals surface area contributed by atoms with E-state index < -0.39 is 11.7 Å². The van der Waals surface area contributed by atoms with Crippen LogP contribution < -0.4 is 5.32 Å². The van der Waals surface area contributed by atoms with Crippen molar-refractivity contribution in [1.29, 1.82) is 0 Å². The van der Waals surface area contributed by atoms with Gasteiger partial charge in [0.1, 0.15) is 18.0 Å². The molecule has 0 aliphatic carbocycles. The predicted octanol–water partition coefficient (Wildman–Crippen LogP) is 5.08. The fourth-order valence-corrected chi connectivity index (χ4v) is 4.39. The summed E-state index contributed by atoms with van der Waals surface area (Å²) in [7, 11) is 0. The lowest BCUT2D eigenvalue weighted by molar-refractivity contribution is 0.0173. The number of nitrogens with zero attached hydrogens (tertiary/aromatic N) is 3. The molecule has 8 heteroatoms. The average molecular weight is 479 g/mol. The lowest BCUT2D eigenvalue weighted by Crippen LogP contribution is -2.43. The fraction of sp³-hybridized carbons (Fsp3) is 0.444. The van der Waals surface area contributed by atoms with Crippen LogP contribution in [-0.2, 0) is 22.5 Å². The first kappa shape index (κ1) is 24.6. The molecule has 1 N–H and O–H groups in total. The molecule has 2 heterocycles. The molecular weight excluding hydrogens is 444 g/mol. The van der Waals surface area contributed by atoms with Crippen molar-refractivity contribution < 1.29 is 19.1 Å². The third kappa shape index (κ3) is 6.53. The number of fused-ring (bicyclic) bond motifs is 1. The van der Waals surface area contributed by atoms with Gasteiger partial charge in [-0.15, -0.1) is 0 Å². The summed E-state index contributed by atoms with van der Waals surface area (Å²) in [6.07, 6.45) is 1.65. The van der Waals surface area contributed by atoms with E-state index in [0.717, 1.165) is 35.3 Å². The molecule has 1 aromatic heterocycles. The Morgan fingerprint density at radius 1 is 1.09 bits per heavy atom. The molecule has 2 amide bonds. The summed E-state index contributed by atoms with van der Waals surface area (Å²) in [5, 5.41) is 2.83. The van der Waals surface area contributed by atoms with E-state index in [1.807, 2.05) is 69.3 Å². The first-order valence-electron chi connectivity index (χ1n) is 12.2. The lowest BCUT2D eigenvalue weighted by Gasteiger charge is -2.35. The normalized spacial score (nSPS) is 16.2. The zero-order valence-corrected chi connectivity index (χ0v) is 20.7. The van der Waals surface area contributed by atoms with Crippen molar-refractivity contribution in [2.24, 2.45) is 0 Å². The lowest BCUT2D eigenvalue weighted by atomic mass is 10.1. The van der Waals surface area contributed by atoms with Crippen LogP contribution in [0.4, 0.5) is 9.59 Å². The Hall–Kier alpha value is -3.55. The van der Waals surface area contributed by atoms with E-state index in [2.05, 4.69) is 16.0 Å². The summed E-state index contributed by atoms with van der Waals surface area (Å²) in [6.45, 7) is 7.52. The molecule has 0 unspecified atom stereocenters. The molecule has 3 aromatic rings. The van der Waals surface area contributed by atoms with Crippen molar-refractivity contribution in [2.75, 3.05) is 19.6 Å². The number of benzene rings is 2. The summed E-state index contributed by atoms with van der Waals surface area (Å²) in [4.78, 5) is 31.5. The third-order valence-electron chi connectivity index (χ3n) is 5.91. The van der Waals surface area contributed by atoms with Gasteiger partial charge in [-0.25, -0.2) is 14.6 Å². The highest BCUT2D eigenvalue weighted by Gasteiger charge is 2.30. The van der Waals surface area contributed by atoms with Crippen LogP contribution >= 0.6 is 0 Å². The van der Waals surface area contributed by atoms with E-state index in [0.29, 0.717) is 26.1 Å². The van der Waals surface area contributed by atoms with Gasteiger partial charge in [0.2, 0.25) is 0 Å². The molecule has 0 radical (unpaired) electrons. The quantitative estimate of drug-likeness (QED) is 0.534. The molecule has 186 valence electrons. The number of rotatable bonds is 6. The summed E-state index contributed by atoms with van der Waals surface area (Å²) in [6, 6.07) is 17.7. The molecule has 2 aromatic carbocycles. The number of carbonyl (C=O) groups is 2. The van der Waals surface area contributed by atoms with Gasteiger partial charge >= 0.3 is 12.2 Å². The standard InChI is InChI=1S/C27H34N4O4/c1-27(2,3)35-26(33)30-17-9-12-21(18-30)31-23-14-8-7-13-22(23)29-24(31)15-16-28-25(32)34-19-20-10-5-4-6-11-20/h4-8,10-11,13-14,21H,9,12,15-19H2,1-3H3,(H,28,32)/t21-/m1/s1. The number of para-hydroxylation sites is 2. The number of nitrogens with one attached hydrogen (secondary N) is 1. The minimum atomic E-state index is -0.530. The molecule has 1 aliphatic rings. The van der Waals surface area contributed by atoms with Gasteiger partial charge in [-0.2, -0.15) is 0 Å². The molecule has 0 spiro atoms. The highest BCUT2D eigenvalue weighted by Crippen LogP contribution is 2.29. The van der Waals surface area contributed by atoms with Crippen LogP contribution in [0.3, 0.4) is 0 Å². The number of imidazole rings is 1. The zero-order valence-electron chi connectivity index (χ0n) is 20.7. The SMILES string of the molecule is CC(C)(C)OC(=O)N1CCC[C@@H](n2c(CCNC(=O)OCc3ccccc3)nc3ccccc32)C1. The second-order valence-electron chi connectivity index (χ2n) is 9.85. The second kappa shape index (κ2) is 10.8. The van der Waals surface area contributed by atoms with Crippen LogP contribution in [0.15, 0.2) is 54.6 Å². The maximum atomic E-state index is 12.7. The van der Waals surface area contributed by atoms with Gasteiger partial charge in [-0.05, 0) is 51.3 Å². The van der Waals surface area contributed by atoms with Crippen molar-refractivity contribution >= 4 is 23.2 Å². The van der Waals surface area contributed by atoms with Crippen LogP contribution in [0.5, 0.6) is 0 Å². The van der Waals surface area contributed by atoms with Gasteiger partial charge in [0, 0.05) is 26.1 Å². The zero-order chi connectivity index (χ0) is 24.8. The van der Waals surface area contributed by atoms with E-state index in [-0.39, 0.29) is 18.7 Å². The number of amides is 2. The van der Waals surface area contributed by atoms with Gasteiger partial charge < -0.3 is 24.3 Å². The molecule has 1 fully saturated rings. The Balaban J connectivity index is 1.42. The van der Waals surface area contributed by atoms with Gasteiger partial charge in [0.25, 0.3) is 0 Å². The van der Waals surface area contributed by atoms with Crippen LogP contribution in [-0.4, -0.2) is 51.9 Å². The maximum absolute atomic E-state index is 12.7. The summed E-state index contributed by atoms with van der Waals surface area (Å²) in [5.74, 6) is 0.880. The Labute approximate surface area is 206 Å². The number of ether oxygens (including phenoxy) is 2. The Morgan fingerprint density at radius 3 is 2.60 bits per heavy atom. The number of likely N-dealkylation sites (tertiary alicyclic amines) is 1. The first-order valence-corrected chi connectivity index (χ1v) is 12.2. The summed E-state index contributed by atoms with van der Waals surface area (Å²) >= 11 is 0. The van der Waals surface area contributed by atoms with E-state index in [9.17, 15) is 9.59 Å². The fourth-order valence-electron chi connectivity index (χ4n) is 4.39. The van der Waals surface area contributed by atoms with Gasteiger partial charge in [0.15, 0.2) is 0 Å². The average Bonchev–Trinajstić information content (AvgIpc) is 3.20. The molecule has 4 rings (SSSR count). The number of aromatic nitrogens is 2. The van der Waals surface area contributed by atoms with Crippen molar-refractivity contribution in [1.82, 2.24) is 19.8 Å². The largest absolute Gasteiger partial charge is 0.445 e. The number of carbonyl (C=O) groups excluding carboxylic acids is 2. The van der Waals surface area contributed by atoms with Crippen LogP contribution in [0.2, 0.25) is 0 Å². The number of hydrogen-bond donors (Lipinski definition) is 1. The second-order valence-corrected chi connectivity index (χ2v) is 9.85. The van der Waals surface area contributed by atoms with Gasteiger partial charge in [-0.3, -0.25) is 0 Å². The molecule has 8 nitrogen and oxygen atoms in total. The number of alkyl carbamates (subject to hydrolysis) is 1. The Morgan fingerprint density at radius 2 is 1.83 bits per heavy atom.